The van der Waals surface area contributed by atoms with Gasteiger partial charge in [-0.15, -0.1) is 0 Å². The monoisotopic (exact) mass is 354 g/mol. The standard InChI is InChI=1S/C21H26N2O3/c1-15-5-6-16(2)20(12-15)25-14-18-7-8-19(26-18)21(24)23-11-10-22-9-3-4-17(22)13-23/h5-8,12,17H,3-4,9-11,13-14H2,1-2H3. The van der Waals surface area contributed by atoms with Gasteiger partial charge in [0.1, 0.15) is 18.1 Å². The molecule has 2 saturated heterocycles. The number of carbonyl (C=O) groups is 1. The SMILES string of the molecule is Cc1ccc(C)c(OCc2ccc(C(=O)N3CCN4CCCC4C3)o2)c1. The molecule has 0 bridgehead atoms. The number of furan rings is 1. The van der Waals surface area contributed by atoms with Crippen molar-refractivity contribution in [1.29, 1.82) is 0 Å². The van der Waals surface area contributed by atoms with Crippen molar-refractivity contribution < 1.29 is 13.9 Å². The molecule has 4 rings (SSSR count). The number of carbonyl (C=O) groups excluding carboxylic acids is 1. The Morgan fingerprint density at radius 3 is 2.96 bits per heavy atom. The quantitative estimate of drug-likeness (QED) is 0.844. The van der Waals surface area contributed by atoms with Gasteiger partial charge in [-0.25, -0.2) is 0 Å². The fourth-order valence-corrected chi connectivity index (χ4v) is 3.91. The number of piperazine rings is 1. The molecule has 138 valence electrons. The first-order valence-electron chi connectivity index (χ1n) is 9.42. The summed E-state index contributed by atoms with van der Waals surface area (Å²) in [5, 5.41) is 0. The van der Waals surface area contributed by atoms with Crippen LogP contribution >= 0.6 is 0 Å². The van der Waals surface area contributed by atoms with Crippen molar-refractivity contribution in [3.8, 4) is 5.75 Å². The highest BCUT2D eigenvalue weighted by atomic mass is 16.5. The van der Waals surface area contributed by atoms with Crippen molar-refractivity contribution in [3.63, 3.8) is 0 Å². The van der Waals surface area contributed by atoms with Crippen molar-refractivity contribution in [2.24, 2.45) is 0 Å². The van der Waals surface area contributed by atoms with Gasteiger partial charge in [0, 0.05) is 25.7 Å². The summed E-state index contributed by atoms with van der Waals surface area (Å²) in [7, 11) is 0. The van der Waals surface area contributed by atoms with Gasteiger partial charge in [-0.3, -0.25) is 9.69 Å². The van der Waals surface area contributed by atoms with Crippen LogP contribution in [0.2, 0.25) is 0 Å². The number of amides is 1. The average Bonchev–Trinajstić information content (AvgIpc) is 3.30. The molecule has 0 N–H and O–H groups in total. The van der Waals surface area contributed by atoms with Crippen LogP contribution in [0.5, 0.6) is 5.75 Å². The first-order chi connectivity index (χ1) is 12.6. The van der Waals surface area contributed by atoms with E-state index in [1.54, 1.807) is 6.07 Å². The number of aryl methyl sites for hydroxylation is 2. The second kappa shape index (κ2) is 7.16. The van der Waals surface area contributed by atoms with Gasteiger partial charge >= 0.3 is 0 Å². The molecule has 0 saturated carbocycles. The molecule has 1 aromatic carbocycles. The predicted octanol–water partition coefficient (Wildman–Crippen LogP) is 3.40. The molecule has 0 spiro atoms. The molecule has 2 aliphatic heterocycles. The molecule has 2 fully saturated rings. The van der Waals surface area contributed by atoms with Crippen molar-refractivity contribution >= 4 is 5.91 Å². The normalized spacial score (nSPS) is 20.2. The molecule has 5 heteroatoms. The molecule has 2 aliphatic rings. The number of ether oxygens (including phenoxy) is 1. The molecule has 1 aromatic heterocycles. The zero-order chi connectivity index (χ0) is 18.1. The Hall–Kier alpha value is -2.27. The highest BCUT2D eigenvalue weighted by molar-refractivity contribution is 5.91. The highest BCUT2D eigenvalue weighted by Crippen LogP contribution is 2.24. The summed E-state index contributed by atoms with van der Waals surface area (Å²) in [6.45, 7) is 8.13. The smallest absolute Gasteiger partial charge is 0.289 e. The minimum Gasteiger partial charge on any atom is -0.485 e. The van der Waals surface area contributed by atoms with E-state index in [2.05, 4.69) is 11.0 Å². The van der Waals surface area contributed by atoms with E-state index in [-0.39, 0.29) is 5.91 Å². The first kappa shape index (κ1) is 17.2. The van der Waals surface area contributed by atoms with E-state index < -0.39 is 0 Å². The van der Waals surface area contributed by atoms with Crippen LogP contribution in [-0.4, -0.2) is 47.9 Å². The lowest BCUT2D eigenvalue weighted by Crippen LogP contribution is -2.51. The minimum absolute atomic E-state index is 0.00506. The molecular formula is C21H26N2O3. The summed E-state index contributed by atoms with van der Waals surface area (Å²) in [4.78, 5) is 17.2. The van der Waals surface area contributed by atoms with Crippen molar-refractivity contribution in [1.82, 2.24) is 9.80 Å². The molecule has 3 heterocycles. The number of benzene rings is 1. The Morgan fingerprint density at radius 1 is 1.19 bits per heavy atom. The lowest BCUT2D eigenvalue weighted by Gasteiger charge is -2.37. The van der Waals surface area contributed by atoms with Crippen molar-refractivity contribution in [2.75, 3.05) is 26.2 Å². The molecular weight excluding hydrogens is 328 g/mol. The van der Waals surface area contributed by atoms with E-state index >= 15 is 0 Å². The summed E-state index contributed by atoms with van der Waals surface area (Å²) < 4.78 is 11.6. The second-order valence-corrected chi connectivity index (χ2v) is 7.41. The van der Waals surface area contributed by atoms with Crippen LogP contribution in [0.4, 0.5) is 0 Å². The zero-order valence-electron chi connectivity index (χ0n) is 15.5. The number of rotatable bonds is 4. The van der Waals surface area contributed by atoms with E-state index in [1.165, 1.54) is 19.4 Å². The minimum atomic E-state index is -0.00506. The van der Waals surface area contributed by atoms with Gasteiger partial charge in [0.05, 0.1) is 0 Å². The third kappa shape index (κ3) is 3.49. The number of hydrogen-bond acceptors (Lipinski definition) is 4. The van der Waals surface area contributed by atoms with E-state index in [9.17, 15) is 4.79 Å². The average molecular weight is 354 g/mol. The molecule has 0 radical (unpaired) electrons. The maximum atomic E-state index is 12.7. The predicted molar refractivity (Wildman–Crippen MR) is 99.5 cm³/mol. The molecule has 0 aliphatic carbocycles. The summed E-state index contributed by atoms with van der Waals surface area (Å²) in [6.07, 6.45) is 2.43. The van der Waals surface area contributed by atoms with Gasteiger partial charge in [0.2, 0.25) is 0 Å². The van der Waals surface area contributed by atoms with Crippen LogP contribution in [0.25, 0.3) is 0 Å². The number of fused-ring (bicyclic) bond motifs is 1. The second-order valence-electron chi connectivity index (χ2n) is 7.41. The van der Waals surface area contributed by atoms with Crippen LogP contribution in [0.15, 0.2) is 34.7 Å². The Labute approximate surface area is 154 Å². The molecule has 1 amide bonds. The number of hydrogen-bond donors (Lipinski definition) is 0. The van der Waals surface area contributed by atoms with Gasteiger partial charge in [0.15, 0.2) is 5.76 Å². The largest absolute Gasteiger partial charge is 0.485 e. The third-order valence-electron chi connectivity index (χ3n) is 5.46. The number of nitrogens with zero attached hydrogens (tertiary/aromatic N) is 2. The summed E-state index contributed by atoms with van der Waals surface area (Å²) in [6, 6.07) is 10.3. The van der Waals surface area contributed by atoms with E-state index in [0.29, 0.717) is 24.2 Å². The molecule has 5 nitrogen and oxygen atoms in total. The molecule has 1 atom stereocenters. The molecule has 26 heavy (non-hydrogen) atoms. The van der Waals surface area contributed by atoms with Crippen LogP contribution in [0, 0.1) is 13.8 Å². The topological polar surface area (TPSA) is 45.9 Å². The Bertz CT molecular complexity index is 798. The van der Waals surface area contributed by atoms with Gasteiger partial charge in [0.25, 0.3) is 5.91 Å². The van der Waals surface area contributed by atoms with Crippen LogP contribution in [-0.2, 0) is 6.61 Å². The highest BCUT2D eigenvalue weighted by Gasteiger charge is 2.33. The van der Waals surface area contributed by atoms with Crippen LogP contribution < -0.4 is 4.74 Å². The van der Waals surface area contributed by atoms with Gasteiger partial charge in [-0.2, -0.15) is 0 Å². The summed E-state index contributed by atoms with van der Waals surface area (Å²) in [5.74, 6) is 1.94. The Kier molecular flexibility index (Phi) is 4.72. The summed E-state index contributed by atoms with van der Waals surface area (Å²) in [5.41, 5.74) is 2.25. The Balaban J connectivity index is 1.38. The summed E-state index contributed by atoms with van der Waals surface area (Å²) >= 11 is 0. The van der Waals surface area contributed by atoms with Gasteiger partial charge in [-0.1, -0.05) is 12.1 Å². The fraction of sp³-hybridized carbons (Fsp3) is 0.476. The van der Waals surface area contributed by atoms with E-state index in [1.807, 2.05) is 36.9 Å². The fourth-order valence-electron chi connectivity index (χ4n) is 3.91. The van der Waals surface area contributed by atoms with Gasteiger partial charge < -0.3 is 14.1 Å². The zero-order valence-corrected chi connectivity index (χ0v) is 15.5. The van der Waals surface area contributed by atoms with Crippen LogP contribution in [0.3, 0.4) is 0 Å². The van der Waals surface area contributed by atoms with Crippen LogP contribution in [0.1, 0.15) is 40.3 Å². The Morgan fingerprint density at radius 2 is 2.08 bits per heavy atom. The first-order valence-corrected chi connectivity index (χ1v) is 9.42. The lowest BCUT2D eigenvalue weighted by molar-refractivity contribution is 0.0538. The van der Waals surface area contributed by atoms with Crippen molar-refractivity contribution in [2.45, 2.75) is 39.3 Å². The van der Waals surface area contributed by atoms with Crippen molar-refractivity contribution in [3.05, 3.63) is 53.0 Å². The van der Waals surface area contributed by atoms with Gasteiger partial charge in [-0.05, 0) is 62.6 Å². The lowest BCUT2D eigenvalue weighted by atomic mass is 10.1. The maximum Gasteiger partial charge on any atom is 0.289 e. The third-order valence-corrected chi connectivity index (χ3v) is 5.46. The molecule has 2 aromatic rings. The maximum absolute atomic E-state index is 12.7. The molecule has 1 unspecified atom stereocenters. The van der Waals surface area contributed by atoms with E-state index in [0.717, 1.165) is 36.5 Å². The van der Waals surface area contributed by atoms with E-state index in [4.69, 9.17) is 9.15 Å².